The lowest BCUT2D eigenvalue weighted by molar-refractivity contribution is -0.172. The normalized spacial score (nSPS) is 50.1. The van der Waals surface area contributed by atoms with Crippen molar-refractivity contribution in [2.45, 2.75) is 58.0 Å². The fourth-order valence-corrected chi connectivity index (χ4v) is 5.08. The van der Waals surface area contributed by atoms with E-state index in [0.717, 1.165) is 24.2 Å². The van der Waals surface area contributed by atoms with E-state index in [-0.39, 0.29) is 11.6 Å². The van der Waals surface area contributed by atoms with Crippen molar-refractivity contribution in [2.24, 2.45) is 23.7 Å². The van der Waals surface area contributed by atoms with Gasteiger partial charge in [-0.2, -0.15) is 0 Å². The molecule has 2 nitrogen and oxygen atoms in total. The molecule has 0 aliphatic heterocycles. The maximum Gasteiger partial charge on any atom is 0.303 e. The van der Waals surface area contributed by atoms with Crippen LogP contribution in [0.25, 0.3) is 0 Å². The van der Waals surface area contributed by atoms with Crippen molar-refractivity contribution in [1.29, 1.82) is 0 Å². The smallest absolute Gasteiger partial charge is 0.303 e. The van der Waals surface area contributed by atoms with Gasteiger partial charge in [-0.25, -0.2) is 0 Å². The zero-order valence-electron chi connectivity index (χ0n) is 10.4. The molecule has 2 heteroatoms. The molecule has 0 N–H and O–H groups in total. The summed E-state index contributed by atoms with van der Waals surface area (Å²) < 4.78 is 5.71. The molecule has 16 heavy (non-hydrogen) atoms. The first kappa shape index (κ1) is 10.6. The third kappa shape index (κ3) is 1.42. The molecule has 0 spiro atoms. The molecule has 3 saturated carbocycles. The molecule has 2 bridgehead atoms. The van der Waals surface area contributed by atoms with Crippen molar-refractivity contribution in [1.82, 2.24) is 0 Å². The second-order valence-electron chi connectivity index (χ2n) is 6.32. The second kappa shape index (κ2) is 3.48. The van der Waals surface area contributed by atoms with Gasteiger partial charge in [0.05, 0.1) is 0 Å². The van der Waals surface area contributed by atoms with Crippen LogP contribution < -0.4 is 0 Å². The van der Waals surface area contributed by atoms with Crippen LogP contribution in [0.15, 0.2) is 0 Å². The van der Waals surface area contributed by atoms with Gasteiger partial charge in [0.2, 0.25) is 0 Å². The van der Waals surface area contributed by atoms with Crippen LogP contribution in [0.5, 0.6) is 0 Å². The van der Waals surface area contributed by atoms with E-state index in [1.165, 1.54) is 32.1 Å². The molecule has 0 aromatic heterocycles. The highest BCUT2D eigenvalue weighted by molar-refractivity contribution is 5.66. The molecule has 3 aliphatic rings. The molecule has 3 fully saturated rings. The van der Waals surface area contributed by atoms with E-state index in [0.29, 0.717) is 5.92 Å². The summed E-state index contributed by atoms with van der Waals surface area (Å²) in [5.41, 5.74) is -0.144. The van der Waals surface area contributed by atoms with Gasteiger partial charge in [0.25, 0.3) is 0 Å². The van der Waals surface area contributed by atoms with Crippen LogP contribution in [0.3, 0.4) is 0 Å². The lowest BCUT2D eigenvalue weighted by Crippen LogP contribution is -2.48. The highest BCUT2D eigenvalue weighted by Gasteiger charge is 2.57. The summed E-state index contributed by atoms with van der Waals surface area (Å²) >= 11 is 0. The monoisotopic (exact) mass is 222 g/mol. The average molecular weight is 222 g/mol. The minimum Gasteiger partial charge on any atom is -0.459 e. The molecule has 5 atom stereocenters. The summed E-state index contributed by atoms with van der Waals surface area (Å²) in [5, 5.41) is 0. The quantitative estimate of drug-likeness (QED) is 0.637. The predicted molar refractivity (Wildman–Crippen MR) is 61.8 cm³/mol. The molecule has 0 aromatic carbocycles. The van der Waals surface area contributed by atoms with Crippen molar-refractivity contribution >= 4 is 5.97 Å². The van der Waals surface area contributed by atoms with Crippen LogP contribution in [-0.4, -0.2) is 11.6 Å². The molecule has 0 heterocycles. The first-order valence-corrected chi connectivity index (χ1v) is 6.80. The Kier molecular flexibility index (Phi) is 2.31. The number of fused-ring (bicyclic) bond motifs is 5. The highest BCUT2D eigenvalue weighted by atomic mass is 16.6. The van der Waals surface area contributed by atoms with Gasteiger partial charge < -0.3 is 4.74 Å². The molecular formula is C14H22O2. The van der Waals surface area contributed by atoms with Gasteiger partial charge in [-0.3, -0.25) is 4.79 Å². The minimum atomic E-state index is -0.144. The van der Waals surface area contributed by atoms with Crippen molar-refractivity contribution in [3.63, 3.8) is 0 Å². The fourth-order valence-electron chi connectivity index (χ4n) is 5.08. The Morgan fingerprint density at radius 1 is 1.25 bits per heavy atom. The number of esters is 1. The number of carbonyl (C=O) groups excluding carboxylic acids is 1. The lowest BCUT2D eigenvalue weighted by Gasteiger charge is -2.47. The Balaban J connectivity index is 1.86. The average Bonchev–Trinajstić information content (AvgIpc) is 2.76. The summed E-state index contributed by atoms with van der Waals surface area (Å²) in [6.45, 7) is 3.74. The van der Waals surface area contributed by atoms with E-state index in [9.17, 15) is 4.79 Å². The van der Waals surface area contributed by atoms with E-state index in [1.54, 1.807) is 6.92 Å². The van der Waals surface area contributed by atoms with Gasteiger partial charge in [-0.05, 0) is 63.2 Å². The fraction of sp³-hybridized carbons (Fsp3) is 0.929. The van der Waals surface area contributed by atoms with E-state index < -0.39 is 0 Å². The van der Waals surface area contributed by atoms with E-state index in [4.69, 9.17) is 4.74 Å². The molecule has 0 aromatic rings. The lowest BCUT2D eigenvalue weighted by atomic mass is 9.63. The Hall–Kier alpha value is -0.530. The van der Waals surface area contributed by atoms with Gasteiger partial charge in [0.1, 0.15) is 5.60 Å². The van der Waals surface area contributed by atoms with Gasteiger partial charge >= 0.3 is 5.97 Å². The maximum atomic E-state index is 11.3. The van der Waals surface area contributed by atoms with E-state index in [1.807, 2.05) is 0 Å². The summed E-state index contributed by atoms with van der Waals surface area (Å²) in [4.78, 5) is 11.3. The molecule has 90 valence electrons. The van der Waals surface area contributed by atoms with Crippen LogP contribution in [0.1, 0.15) is 52.4 Å². The Labute approximate surface area is 97.7 Å². The number of hydrogen-bond acceptors (Lipinski definition) is 2. The predicted octanol–water partition coefficient (Wildman–Crippen LogP) is 3.15. The number of hydrogen-bond donors (Lipinski definition) is 0. The number of ether oxygens (including phenoxy) is 1. The minimum absolute atomic E-state index is 0.0917. The molecule has 0 radical (unpaired) electrons. The summed E-state index contributed by atoms with van der Waals surface area (Å²) in [6.07, 6.45) is 7.92. The zero-order chi connectivity index (χ0) is 11.3. The highest BCUT2D eigenvalue weighted by Crippen LogP contribution is 2.61. The van der Waals surface area contributed by atoms with Gasteiger partial charge in [-0.15, -0.1) is 0 Å². The van der Waals surface area contributed by atoms with Crippen molar-refractivity contribution in [3.05, 3.63) is 0 Å². The van der Waals surface area contributed by atoms with Crippen LogP contribution in [0.4, 0.5) is 0 Å². The molecule has 0 amide bonds. The summed E-state index contributed by atoms with van der Waals surface area (Å²) in [6, 6.07) is 0. The first-order chi connectivity index (χ1) is 7.60. The largest absolute Gasteiger partial charge is 0.459 e. The number of rotatable bonds is 1. The van der Waals surface area contributed by atoms with Crippen molar-refractivity contribution in [3.8, 4) is 0 Å². The van der Waals surface area contributed by atoms with Crippen LogP contribution in [0.2, 0.25) is 0 Å². The van der Waals surface area contributed by atoms with Gasteiger partial charge in [0, 0.05) is 12.8 Å². The van der Waals surface area contributed by atoms with Crippen molar-refractivity contribution in [2.75, 3.05) is 0 Å². The van der Waals surface area contributed by atoms with Gasteiger partial charge in [-0.1, -0.05) is 0 Å². The molecule has 5 unspecified atom stereocenters. The molecular weight excluding hydrogens is 200 g/mol. The number of carbonyl (C=O) groups is 1. The molecule has 0 saturated heterocycles. The summed E-state index contributed by atoms with van der Waals surface area (Å²) in [5.74, 6) is 3.23. The molecule has 3 aliphatic carbocycles. The Bertz CT molecular complexity index is 312. The van der Waals surface area contributed by atoms with Crippen LogP contribution in [-0.2, 0) is 9.53 Å². The van der Waals surface area contributed by atoms with Crippen molar-refractivity contribution < 1.29 is 9.53 Å². The topological polar surface area (TPSA) is 26.3 Å². The summed E-state index contributed by atoms with van der Waals surface area (Å²) in [7, 11) is 0. The van der Waals surface area contributed by atoms with Crippen LogP contribution in [0, 0.1) is 23.7 Å². The van der Waals surface area contributed by atoms with Gasteiger partial charge in [0.15, 0.2) is 0 Å². The zero-order valence-corrected chi connectivity index (χ0v) is 10.4. The SMILES string of the molecule is CC(=O)OC1(C)CCCC2C3CCC(C3)C21. The molecule has 3 rings (SSSR count). The maximum absolute atomic E-state index is 11.3. The van der Waals surface area contributed by atoms with E-state index >= 15 is 0 Å². The van der Waals surface area contributed by atoms with E-state index in [2.05, 4.69) is 6.92 Å². The first-order valence-electron chi connectivity index (χ1n) is 6.80. The third-order valence-electron chi connectivity index (χ3n) is 5.38. The third-order valence-corrected chi connectivity index (χ3v) is 5.38. The second-order valence-corrected chi connectivity index (χ2v) is 6.32. The Morgan fingerprint density at radius 2 is 2.00 bits per heavy atom. The standard InChI is InChI=1S/C14H22O2/c1-9(15)16-14(2)7-3-4-12-10-5-6-11(8-10)13(12)14/h10-13H,3-8H2,1-2H3. The van der Waals surface area contributed by atoms with Crippen LogP contribution >= 0.6 is 0 Å². The Morgan fingerprint density at radius 3 is 2.75 bits per heavy atom.